The maximum absolute atomic E-state index is 12.8. The molecule has 0 unspecified atom stereocenters. The van der Waals surface area contributed by atoms with Crippen LogP contribution in [0.5, 0.6) is 5.88 Å². The van der Waals surface area contributed by atoms with Crippen molar-refractivity contribution in [1.29, 1.82) is 0 Å². The fourth-order valence-electron chi connectivity index (χ4n) is 3.39. The highest BCUT2D eigenvalue weighted by atomic mass is 35.5. The third kappa shape index (κ3) is 6.00. The summed E-state index contributed by atoms with van der Waals surface area (Å²) in [6.07, 6.45) is -0.0958. The van der Waals surface area contributed by atoms with Crippen molar-refractivity contribution in [2.45, 2.75) is 38.9 Å². The number of aromatic nitrogens is 2. The Kier molecular flexibility index (Phi) is 7.59. The molecule has 1 aliphatic heterocycles. The molecule has 0 spiro atoms. The van der Waals surface area contributed by atoms with E-state index in [9.17, 15) is 18.0 Å². The molecule has 1 saturated heterocycles. The molecular formula is C21H24ClF3N4O2. The smallest absolute Gasteiger partial charge is 0.417 e. The molecule has 0 aliphatic carbocycles. The number of halogens is 4. The predicted molar refractivity (Wildman–Crippen MR) is 111 cm³/mol. The molecule has 2 aromatic rings. The molecule has 0 aromatic carbocycles. The Labute approximate surface area is 183 Å². The van der Waals surface area contributed by atoms with E-state index in [2.05, 4.69) is 15.3 Å². The molecule has 2 aromatic heterocycles. The Morgan fingerprint density at radius 3 is 2.71 bits per heavy atom. The van der Waals surface area contributed by atoms with Crippen LogP contribution in [0.15, 0.2) is 30.6 Å². The van der Waals surface area contributed by atoms with Gasteiger partial charge in [0.15, 0.2) is 0 Å². The van der Waals surface area contributed by atoms with Crippen LogP contribution in [0.1, 0.15) is 37.3 Å². The van der Waals surface area contributed by atoms with E-state index in [1.807, 2.05) is 17.9 Å². The summed E-state index contributed by atoms with van der Waals surface area (Å²) in [5.74, 6) is 0.557. The number of nitrogens with one attached hydrogen (secondary N) is 1. The molecule has 0 radical (unpaired) electrons. The number of anilines is 1. The lowest BCUT2D eigenvalue weighted by Gasteiger charge is -2.32. The Bertz CT molecular complexity index is 902. The SMILES string of the molecule is CCCOc1ncccc1CNC(=O)C1CCN(c2ncc(C(F)(F)F)cc2Cl)CC1. The number of rotatable bonds is 7. The predicted octanol–water partition coefficient (Wildman–Crippen LogP) is 4.47. The van der Waals surface area contributed by atoms with E-state index in [1.165, 1.54) is 0 Å². The lowest BCUT2D eigenvalue weighted by Crippen LogP contribution is -2.40. The molecule has 3 rings (SSSR count). The summed E-state index contributed by atoms with van der Waals surface area (Å²) in [4.78, 5) is 22.5. The molecule has 1 N–H and O–H groups in total. The number of hydrogen-bond acceptors (Lipinski definition) is 5. The largest absolute Gasteiger partial charge is 0.477 e. The summed E-state index contributed by atoms with van der Waals surface area (Å²) < 4.78 is 44.0. The molecular weight excluding hydrogens is 433 g/mol. The number of pyridine rings is 2. The lowest BCUT2D eigenvalue weighted by molar-refractivity contribution is -0.137. The number of carbonyl (C=O) groups is 1. The molecule has 0 bridgehead atoms. The third-order valence-electron chi connectivity index (χ3n) is 5.06. The first-order valence-corrected chi connectivity index (χ1v) is 10.5. The van der Waals surface area contributed by atoms with Gasteiger partial charge < -0.3 is 15.0 Å². The molecule has 10 heteroatoms. The number of ether oxygens (including phenoxy) is 1. The number of piperidine rings is 1. The van der Waals surface area contributed by atoms with Crippen LogP contribution in [-0.2, 0) is 17.5 Å². The number of nitrogens with zero attached hydrogens (tertiary/aromatic N) is 3. The second-order valence-corrected chi connectivity index (χ2v) is 7.73. The highest BCUT2D eigenvalue weighted by molar-refractivity contribution is 6.33. The van der Waals surface area contributed by atoms with Crippen molar-refractivity contribution >= 4 is 23.3 Å². The number of hydrogen-bond donors (Lipinski definition) is 1. The van der Waals surface area contributed by atoms with Gasteiger partial charge >= 0.3 is 6.18 Å². The zero-order valence-corrected chi connectivity index (χ0v) is 17.8. The summed E-state index contributed by atoms with van der Waals surface area (Å²) in [6.45, 7) is 3.83. The molecule has 0 saturated carbocycles. The average molecular weight is 457 g/mol. The molecule has 0 atom stereocenters. The van der Waals surface area contributed by atoms with Gasteiger partial charge in [-0.25, -0.2) is 9.97 Å². The lowest BCUT2D eigenvalue weighted by atomic mass is 9.95. The first kappa shape index (κ1) is 23.1. The first-order chi connectivity index (χ1) is 14.8. The van der Waals surface area contributed by atoms with Crippen molar-refractivity contribution in [1.82, 2.24) is 15.3 Å². The van der Waals surface area contributed by atoms with Crippen molar-refractivity contribution in [3.8, 4) is 5.88 Å². The van der Waals surface area contributed by atoms with E-state index in [-0.39, 0.29) is 16.8 Å². The summed E-state index contributed by atoms with van der Waals surface area (Å²) in [7, 11) is 0. The monoisotopic (exact) mass is 456 g/mol. The molecule has 3 heterocycles. The van der Waals surface area contributed by atoms with Crippen molar-refractivity contribution in [3.63, 3.8) is 0 Å². The van der Waals surface area contributed by atoms with Crippen molar-refractivity contribution in [3.05, 3.63) is 46.7 Å². The summed E-state index contributed by atoms with van der Waals surface area (Å²) >= 11 is 6.04. The van der Waals surface area contributed by atoms with Gasteiger partial charge in [0.2, 0.25) is 11.8 Å². The minimum Gasteiger partial charge on any atom is -0.477 e. The number of alkyl halides is 3. The highest BCUT2D eigenvalue weighted by Crippen LogP contribution is 2.34. The van der Waals surface area contributed by atoms with Gasteiger partial charge in [0.05, 0.1) is 17.2 Å². The standard InChI is InChI=1S/C21H24ClF3N4O2/c1-2-10-31-20-15(4-3-7-26-20)12-28-19(30)14-5-8-29(9-6-14)18-17(22)11-16(13-27-18)21(23,24)25/h3-4,7,11,13-14H,2,5-6,8-10,12H2,1H3,(H,28,30). The summed E-state index contributed by atoms with van der Waals surface area (Å²) in [5, 5.41) is 2.88. The van der Waals surface area contributed by atoms with E-state index >= 15 is 0 Å². The van der Waals surface area contributed by atoms with Gasteiger partial charge in [-0.15, -0.1) is 0 Å². The van der Waals surface area contributed by atoms with Gasteiger partial charge in [-0.1, -0.05) is 24.6 Å². The molecule has 1 amide bonds. The van der Waals surface area contributed by atoms with Crippen LogP contribution in [0.25, 0.3) is 0 Å². The van der Waals surface area contributed by atoms with E-state index in [0.717, 1.165) is 24.2 Å². The molecule has 31 heavy (non-hydrogen) atoms. The Balaban J connectivity index is 1.54. The van der Waals surface area contributed by atoms with E-state index in [4.69, 9.17) is 16.3 Å². The van der Waals surface area contributed by atoms with Crippen LogP contribution in [-0.4, -0.2) is 35.6 Å². The first-order valence-electron chi connectivity index (χ1n) is 10.1. The minimum absolute atomic E-state index is 0.0473. The number of amides is 1. The van der Waals surface area contributed by atoms with Crippen LogP contribution in [0.4, 0.5) is 19.0 Å². The second kappa shape index (κ2) is 10.2. The zero-order chi connectivity index (χ0) is 22.4. The minimum atomic E-state index is -4.49. The number of carbonyl (C=O) groups excluding carboxylic acids is 1. The van der Waals surface area contributed by atoms with Crippen molar-refractivity contribution < 1.29 is 22.7 Å². The van der Waals surface area contributed by atoms with Crippen LogP contribution in [0, 0.1) is 5.92 Å². The normalized spacial score (nSPS) is 15.1. The van der Waals surface area contributed by atoms with Gasteiger partial charge in [-0.3, -0.25) is 4.79 Å². The molecule has 6 nitrogen and oxygen atoms in total. The highest BCUT2D eigenvalue weighted by Gasteiger charge is 2.33. The van der Waals surface area contributed by atoms with E-state index < -0.39 is 11.7 Å². The Morgan fingerprint density at radius 1 is 1.32 bits per heavy atom. The second-order valence-electron chi connectivity index (χ2n) is 7.32. The fraction of sp³-hybridized carbons (Fsp3) is 0.476. The van der Waals surface area contributed by atoms with Crippen LogP contribution in [0.2, 0.25) is 5.02 Å². The maximum atomic E-state index is 12.8. The molecule has 168 valence electrons. The van der Waals surface area contributed by atoms with Crippen LogP contribution >= 0.6 is 11.6 Å². The zero-order valence-electron chi connectivity index (χ0n) is 17.1. The van der Waals surface area contributed by atoms with Crippen molar-refractivity contribution in [2.24, 2.45) is 5.92 Å². The summed E-state index contributed by atoms with van der Waals surface area (Å²) in [6, 6.07) is 4.54. The quantitative estimate of drug-likeness (QED) is 0.665. The van der Waals surface area contributed by atoms with Crippen molar-refractivity contribution in [2.75, 3.05) is 24.6 Å². The van der Waals surface area contributed by atoms with E-state index in [1.54, 1.807) is 12.3 Å². The van der Waals surface area contributed by atoms with Gasteiger partial charge in [0.25, 0.3) is 0 Å². The fourth-order valence-corrected chi connectivity index (χ4v) is 3.67. The van der Waals surface area contributed by atoms with Gasteiger partial charge in [0, 0.05) is 43.5 Å². The van der Waals surface area contributed by atoms with Crippen LogP contribution in [0.3, 0.4) is 0 Å². The molecule has 1 fully saturated rings. The summed E-state index contributed by atoms with van der Waals surface area (Å²) in [5.41, 5.74) is -0.0735. The Morgan fingerprint density at radius 2 is 2.06 bits per heavy atom. The third-order valence-corrected chi connectivity index (χ3v) is 5.34. The molecule has 1 aliphatic rings. The van der Waals surface area contributed by atoms with Gasteiger partial charge in [-0.2, -0.15) is 13.2 Å². The topological polar surface area (TPSA) is 67.3 Å². The Hall–Kier alpha value is -2.55. The van der Waals surface area contributed by atoms with E-state index in [0.29, 0.717) is 50.8 Å². The van der Waals surface area contributed by atoms with Gasteiger partial charge in [0.1, 0.15) is 5.82 Å². The van der Waals surface area contributed by atoms with Crippen LogP contribution < -0.4 is 15.0 Å². The van der Waals surface area contributed by atoms with Gasteiger partial charge in [-0.05, 0) is 31.4 Å². The average Bonchev–Trinajstić information content (AvgIpc) is 2.76. The maximum Gasteiger partial charge on any atom is 0.417 e.